The van der Waals surface area contributed by atoms with Crippen LogP contribution in [0, 0.1) is 23.4 Å². The molecule has 1 nitrogen and oxygen atoms in total. The van der Waals surface area contributed by atoms with Gasteiger partial charge < -0.3 is 5.73 Å². The van der Waals surface area contributed by atoms with Gasteiger partial charge in [-0.05, 0) is 12.0 Å². The number of hydrogen-bond donors (Lipinski definition) is 1. The average Bonchev–Trinajstić information content (AvgIpc) is 2.21. The van der Waals surface area contributed by atoms with E-state index in [1.165, 1.54) is 0 Å². The van der Waals surface area contributed by atoms with E-state index in [9.17, 15) is 13.2 Å². The van der Waals surface area contributed by atoms with Crippen LogP contribution in [0.15, 0.2) is 12.1 Å². The maximum atomic E-state index is 13.3. The zero-order chi connectivity index (χ0) is 11.6. The van der Waals surface area contributed by atoms with Gasteiger partial charge in [-0.3, -0.25) is 0 Å². The van der Waals surface area contributed by atoms with Crippen LogP contribution in [0.4, 0.5) is 13.2 Å². The molecule has 5 heteroatoms. The minimum Gasteiger partial charge on any atom is -0.324 e. The first-order valence-corrected chi connectivity index (χ1v) is 4.87. The molecule has 0 aromatic heterocycles. The predicted octanol–water partition coefficient (Wildman–Crippen LogP) is 3.57. The highest BCUT2D eigenvalue weighted by molar-refractivity contribution is 5.85. The van der Waals surface area contributed by atoms with Crippen molar-refractivity contribution in [3.63, 3.8) is 0 Å². The van der Waals surface area contributed by atoms with E-state index in [2.05, 4.69) is 0 Å². The van der Waals surface area contributed by atoms with Crippen LogP contribution in [0.3, 0.4) is 0 Å². The van der Waals surface area contributed by atoms with Crippen molar-refractivity contribution in [1.29, 1.82) is 0 Å². The molecule has 1 aromatic carbocycles. The van der Waals surface area contributed by atoms with Crippen molar-refractivity contribution in [2.45, 2.75) is 26.3 Å². The quantitative estimate of drug-likeness (QED) is 0.819. The number of nitrogens with two attached hydrogens (primary N) is 1. The molecule has 92 valence electrons. The normalized spacial score (nSPS) is 14.1. The van der Waals surface area contributed by atoms with Gasteiger partial charge in [-0.1, -0.05) is 20.3 Å². The van der Waals surface area contributed by atoms with Gasteiger partial charge in [-0.2, -0.15) is 0 Å². The second-order valence-electron chi connectivity index (χ2n) is 3.70. The Morgan fingerprint density at radius 3 is 2.31 bits per heavy atom. The maximum Gasteiger partial charge on any atom is 0.163 e. The van der Waals surface area contributed by atoms with Gasteiger partial charge in [0.2, 0.25) is 0 Å². The Labute approximate surface area is 99.2 Å². The average molecular weight is 254 g/mol. The van der Waals surface area contributed by atoms with Crippen LogP contribution < -0.4 is 5.73 Å². The number of halogens is 4. The first-order valence-electron chi connectivity index (χ1n) is 4.87. The summed E-state index contributed by atoms with van der Waals surface area (Å²) in [6.07, 6.45) is 0.721. The van der Waals surface area contributed by atoms with Crippen molar-refractivity contribution in [3.8, 4) is 0 Å². The summed E-state index contributed by atoms with van der Waals surface area (Å²) >= 11 is 0. The number of rotatable bonds is 3. The Kier molecular flexibility index (Phi) is 5.83. The molecule has 16 heavy (non-hydrogen) atoms. The van der Waals surface area contributed by atoms with Crippen molar-refractivity contribution in [3.05, 3.63) is 35.1 Å². The Morgan fingerprint density at radius 2 is 1.81 bits per heavy atom. The molecule has 0 aliphatic heterocycles. The summed E-state index contributed by atoms with van der Waals surface area (Å²) < 4.78 is 39.1. The molecule has 0 saturated heterocycles. The van der Waals surface area contributed by atoms with Crippen molar-refractivity contribution in [2.24, 2.45) is 11.7 Å². The molecule has 0 aliphatic rings. The fourth-order valence-electron chi connectivity index (χ4n) is 1.38. The van der Waals surface area contributed by atoms with Crippen molar-refractivity contribution >= 4 is 12.4 Å². The lowest BCUT2D eigenvalue weighted by Crippen LogP contribution is -2.20. The molecular weight excluding hydrogens is 239 g/mol. The number of hydrogen-bond acceptors (Lipinski definition) is 1. The minimum absolute atomic E-state index is 0. The van der Waals surface area contributed by atoms with Gasteiger partial charge in [0.15, 0.2) is 11.6 Å². The van der Waals surface area contributed by atoms with Crippen LogP contribution in [0.2, 0.25) is 0 Å². The monoisotopic (exact) mass is 253 g/mol. The molecule has 0 heterocycles. The standard InChI is InChI=1S/C11H14F3N.ClH/c1-3-6(2)11(15)8-4-7(12)5-9(13)10(8)14;/h4-6,11H,3,15H2,1-2H3;1H/t6?,11-;/m1./s1. The first kappa shape index (κ1) is 15.3. The highest BCUT2D eigenvalue weighted by Gasteiger charge is 2.20. The second kappa shape index (κ2) is 6.11. The molecule has 0 bridgehead atoms. The van der Waals surface area contributed by atoms with Crippen molar-refractivity contribution in [2.75, 3.05) is 0 Å². The SMILES string of the molecule is CCC(C)[C@@H](N)c1cc(F)cc(F)c1F.Cl. The van der Waals surface area contributed by atoms with E-state index in [0.29, 0.717) is 6.07 Å². The summed E-state index contributed by atoms with van der Waals surface area (Å²) in [5.74, 6) is -3.07. The Balaban J connectivity index is 0.00000225. The summed E-state index contributed by atoms with van der Waals surface area (Å²) in [4.78, 5) is 0. The van der Waals surface area contributed by atoms with Crippen LogP contribution in [-0.2, 0) is 0 Å². The second-order valence-corrected chi connectivity index (χ2v) is 3.70. The fourth-order valence-corrected chi connectivity index (χ4v) is 1.38. The third kappa shape index (κ3) is 3.12. The highest BCUT2D eigenvalue weighted by atomic mass is 35.5. The molecular formula is C11H15ClF3N. The molecule has 1 rings (SSSR count). The van der Waals surface area contributed by atoms with Crippen LogP contribution in [0.25, 0.3) is 0 Å². The maximum absolute atomic E-state index is 13.3. The largest absolute Gasteiger partial charge is 0.324 e. The van der Waals surface area contributed by atoms with Gasteiger partial charge in [0.25, 0.3) is 0 Å². The third-order valence-electron chi connectivity index (χ3n) is 2.64. The van der Waals surface area contributed by atoms with Gasteiger partial charge in [0, 0.05) is 17.7 Å². The zero-order valence-electron chi connectivity index (χ0n) is 9.14. The van der Waals surface area contributed by atoms with Gasteiger partial charge in [0.05, 0.1) is 0 Å². The van der Waals surface area contributed by atoms with E-state index >= 15 is 0 Å². The van der Waals surface area contributed by atoms with E-state index in [-0.39, 0.29) is 23.9 Å². The molecule has 2 atom stereocenters. The van der Waals surface area contributed by atoms with Gasteiger partial charge in [0.1, 0.15) is 5.82 Å². The van der Waals surface area contributed by atoms with Crippen LogP contribution >= 0.6 is 12.4 Å². The molecule has 0 amide bonds. The molecule has 1 aromatic rings. The van der Waals surface area contributed by atoms with Crippen molar-refractivity contribution in [1.82, 2.24) is 0 Å². The topological polar surface area (TPSA) is 26.0 Å². The van der Waals surface area contributed by atoms with Gasteiger partial charge in [-0.25, -0.2) is 13.2 Å². The summed E-state index contributed by atoms with van der Waals surface area (Å²) in [5, 5.41) is 0. The summed E-state index contributed by atoms with van der Waals surface area (Å²) in [5.41, 5.74) is 5.62. The molecule has 0 fully saturated rings. The molecule has 0 radical (unpaired) electrons. The summed E-state index contributed by atoms with van der Waals surface area (Å²) in [6.45, 7) is 3.70. The van der Waals surface area contributed by atoms with Crippen LogP contribution in [0.5, 0.6) is 0 Å². The summed E-state index contributed by atoms with van der Waals surface area (Å²) in [6, 6.07) is 0.789. The van der Waals surface area contributed by atoms with Gasteiger partial charge in [-0.15, -0.1) is 12.4 Å². The predicted molar refractivity (Wildman–Crippen MR) is 59.9 cm³/mol. The fraction of sp³-hybridized carbons (Fsp3) is 0.455. The highest BCUT2D eigenvalue weighted by Crippen LogP contribution is 2.26. The lowest BCUT2D eigenvalue weighted by atomic mass is 9.93. The lowest BCUT2D eigenvalue weighted by molar-refractivity contribution is 0.417. The third-order valence-corrected chi connectivity index (χ3v) is 2.64. The minimum atomic E-state index is -1.19. The Bertz CT molecular complexity index is 357. The van der Waals surface area contributed by atoms with Crippen molar-refractivity contribution < 1.29 is 13.2 Å². The Morgan fingerprint density at radius 1 is 1.25 bits per heavy atom. The molecule has 0 saturated carbocycles. The van der Waals surface area contributed by atoms with E-state index < -0.39 is 23.5 Å². The molecule has 2 N–H and O–H groups in total. The molecule has 0 spiro atoms. The van der Waals surface area contributed by atoms with Crippen LogP contribution in [-0.4, -0.2) is 0 Å². The van der Waals surface area contributed by atoms with E-state index in [1.54, 1.807) is 0 Å². The van der Waals surface area contributed by atoms with E-state index in [4.69, 9.17) is 5.73 Å². The van der Waals surface area contributed by atoms with Crippen LogP contribution in [0.1, 0.15) is 31.9 Å². The molecule has 0 aliphatic carbocycles. The lowest BCUT2D eigenvalue weighted by Gasteiger charge is -2.19. The zero-order valence-corrected chi connectivity index (χ0v) is 9.95. The smallest absolute Gasteiger partial charge is 0.163 e. The van der Waals surface area contributed by atoms with Gasteiger partial charge >= 0.3 is 0 Å². The summed E-state index contributed by atoms with van der Waals surface area (Å²) in [7, 11) is 0. The molecule has 1 unspecified atom stereocenters. The Hall–Kier alpha value is -0.740. The van der Waals surface area contributed by atoms with E-state index in [1.807, 2.05) is 13.8 Å². The first-order chi connectivity index (χ1) is 6.97. The number of benzene rings is 1. The van der Waals surface area contributed by atoms with E-state index in [0.717, 1.165) is 12.5 Å².